The summed E-state index contributed by atoms with van der Waals surface area (Å²) in [6.45, 7) is 0.380. The average Bonchev–Trinajstić information content (AvgIpc) is 2.27. The standard InChI is InChI=1S/C11H17NO4/c1-14-6-9(13)7-16-10-4-3-8(12)5-11(10)15-2/h3-5,9,13H,6-7,12H2,1-2H3. The first-order chi connectivity index (χ1) is 7.67. The summed E-state index contributed by atoms with van der Waals surface area (Å²) in [6, 6.07) is 5.08. The molecular formula is C11H17NO4. The minimum atomic E-state index is -0.660. The van der Waals surface area contributed by atoms with Gasteiger partial charge in [-0.2, -0.15) is 0 Å². The van der Waals surface area contributed by atoms with E-state index in [4.69, 9.17) is 19.9 Å². The average molecular weight is 227 g/mol. The molecule has 0 amide bonds. The van der Waals surface area contributed by atoms with Crippen LogP contribution in [0.4, 0.5) is 5.69 Å². The molecule has 16 heavy (non-hydrogen) atoms. The molecule has 0 radical (unpaired) electrons. The molecule has 1 unspecified atom stereocenters. The molecular weight excluding hydrogens is 210 g/mol. The van der Waals surface area contributed by atoms with Crippen molar-refractivity contribution in [1.82, 2.24) is 0 Å². The lowest BCUT2D eigenvalue weighted by Crippen LogP contribution is -2.22. The van der Waals surface area contributed by atoms with Gasteiger partial charge in [-0.25, -0.2) is 0 Å². The summed E-state index contributed by atoms with van der Waals surface area (Å²) in [4.78, 5) is 0. The van der Waals surface area contributed by atoms with Gasteiger partial charge in [-0.3, -0.25) is 0 Å². The Kier molecular flexibility index (Phi) is 4.88. The van der Waals surface area contributed by atoms with Gasteiger partial charge in [0.25, 0.3) is 0 Å². The molecule has 0 aliphatic heterocycles. The molecule has 0 saturated heterocycles. The molecule has 0 aromatic heterocycles. The number of aliphatic hydroxyl groups is 1. The summed E-state index contributed by atoms with van der Waals surface area (Å²) in [7, 11) is 3.06. The number of rotatable bonds is 6. The van der Waals surface area contributed by atoms with Crippen molar-refractivity contribution < 1.29 is 19.3 Å². The minimum Gasteiger partial charge on any atom is -0.493 e. The van der Waals surface area contributed by atoms with Crippen LogP contribution in [-0.4, -0.2) is 38.6 Å². The van der Waals surface area contributed by atoms with E-state index in [0.29, 0.717) is 17.2 Å². The van der Waals surface area contributed by atoms with E-state index in [1.807, 2.05) is 0 Å². The summed E-state index contributed by atoms with van der Waals surface area (Å²) in [6.07, 6.45) is -0.660. The summed E-state index contributed by atoms with van der Waals surface area (Å²) in [5.41, 5.74) is 6.20. The predicted octanol–water partition coefficient (Wildman–Crippen LogP) is 0.664. The molecule has 1 atom stereocenters. The van der Waals surface area contributed by atoms with E-state index >= 15 is 0 Å². The number of nitrogen functional groups attached to an aromatic ring is 1. The zero-order valence-electron chi connectivity index (χ0n) is 9.47. The van der Waals surface area contributed by atoms with E-state index in [9.17, 15) is 5.11 Å². The second-order valence-electron chi connectivity index (χ2n) is 3.33. The van der Waals surface area contributed by atoms with Crippen LogP contribution in [0.2, 0.25) is 0 Å². The van der Waals surface area contributed by atoms with Crippen molar-refractivity contribution in [3.05, 3.63) is 18.2 Å². The number of ether oxygens (including phenoxy) is 3. The van der Waals surface area contributed by atoms with Crippen molar-refractivity contribution >= 4 is 5.69 Å². The highest BCUT2D eigenvalue weighted by molar-refractivity contribution is 5.51. The second kappa shape index (κ2) is 6.19. The molecule has 0 fully saturated rings. The third-order valence-corrected chi connectivity index (χ3v) is 1.98. The number of methoxy groups -OCH3 is 2. The largest absolute Gasteiger partial charge is 0.493 e. The van der Waals surface area contributed by atoms with Gasteiger partial charge in [-0.1, -0.05) is 0 Å². The van der Waals surface area contributed by atoms with Crippen molar-refractivity contribution in [3.8, 4) is 11.5 Å². The third-order valence-electron chi connectivity index (χ3n) is 1.98. The number of benzene rings is 1. The van der Waals surface area contributed by atoms with E-state index in [0.717, 1.165) is 0 Å². The molecule has 5 heteroatoms. The Morgan fingerprint density at radius 1 is 1.25 bits per heavy atom. The fourth-order valence-corrected chi connectivity index (χ4v) is 1.23. The molecule has 0 heterocycles. The second-order valence-corrected chi connectivity index (χ2v) is 3.33. The van der Waals surface area contributed by atoms with Crippen LogP contribution in [-0.2, 0) is 4.74 Å². The molecule has 0 aliphatic carbocycles. The maximum absolute atomic E-state index is 9.41. The summed E-state index contributed by atoms with van der Waals surface area (Å²) >= 11 is 0. The minimum absolute atomic E-state index is 0.147. The summed E-state index contributed by atoms with van der Waals surface area (Å²) in [5.74, 6) is 1.09. The Balaban J connectivity index is 2.59. The highest BCUT2D eigenvalue weighted by Gasteiger charge is 2.08. The number of aliphatic hydroxyl groups excluding tert-OH is 1. The van der Waals surface area contributed by atoms with Crippen LogP contribution in [0.25, 0.3) is 0 Å². The number of nitrogens with two attached hydrogens (primary N) is 1. The molecule has 0 aliphatic rings. The molecule has 3 N–H and O–H groups in total. The van der Waals surface area contributed by atoms with Crippen molar-refractivity contribution in [2.24, 2.45) is 0 Å². The smallest absolute Gasteiger partial charge is 0.162 e. The Morgan fingerprint density at radius 2 is 2.00 bits per heavy atom. The first-order valence-corrected chi connectivity index (χ1v) is 4.90. The van der Waals surface area contributed by atoms with Gasteiger partial charge in [-0.05, 0) is 12.1 Å². The van der Waals surface area contributed by atoms with Gasteiger partial charge in [0.1, 0.15) is 12.7 Å². The van der Waals surface area contributed by atoms with E-state index < -0.39 is 6.10 Å². The lowest BCUT2D eigenvalue weighted by Gasteiger charge is -2.14. The van der Waals surface area contributed by atoms with E-state index in [2.05, 4.69) is 0 Å². The number of anilines is 1. The van der Waals surface area contributed by atoms with E-state index in [-0.39, 0.29) is 13.2 Å². The fraction of sp³-hybridized carbons (Fsp3) is 0.455. The number of hydrogen-bond acceptors (Lipinski definition) is 5. The monoisotopic (exact) mass is 227 g/mol. The van der Waals surface area contributed by atoms with Crippen LogP contribution in [0.15, 0.2) is 18.2 Å². The molecule has 5 nitrogen and oxygen atoms in total. The van der Waals surface area contributed by atoms with Crippen LogP contribution < -0.4 is 15.2 Å². The lowest BCUT2D eigenvalue weighted by atomic mass is 10.3. The zero-order valence-corrected chi connectivity index (χ0v) is 9.47. The normalized spacial score (nSPS) is 12.2. The molecule has 1 aromatic rings. The van der Waals surface area contributed by atoms with Gasteiger partial charge in [0.15, 0.2) is 11.5 Å². The predicted molar refractivity (Wildman–Crippen MR) is 60.8 cm³/mol. The Morgan fingerprint density at radius 3 is 2.62 bits per heavy atom. The van der Waals surface area contributed by atoms with Crippen LogP contribution in [0.5, 0.6) is 11.5 Å². The highest BCUT2D eigenvalue weighted by Crippen LogP contribution is 2.28. The van der Waals surface area contributed by atoms with Crippen molar-refractivity contribution in [2.75, 3.05) is 33.2 Å². The first-order valence-electron chi connectivity index (χ1n) is 4.90. The van der Waals surface area contributed by atoms with Gasteiger partial charge >= 0.3 is 0 Å². The van der Waals surface area contributed by atoms with Crippen molar-refractivity contribution in [1.29, 1.82) is 0 Å². The Labute approximate surface area is 94.7 Å². The first kappa shape index (κ1) is 12.6. The SMILES string of the molecule is COCC(O)COc1ccc(N)cc1OC. The van der Waals surface area contributed by atoms with Crippen LogP contribution in [0.1, 0.15) is 0 Å². The topological polar surface area (TPSA) is 73.9 Å². The van der Waals surface area contributed by atoms with E-state index in [1.165, 1.54) is 14.2 Å². The fourth-order valence-electron chi connectivity index (χ4n) is 1.23. The third kappa shape index (κ3) is 3.60. The molecule has 1 rings (SSSR count). The summed E-state index contributed by atoms with van der Waals surface area (Å²) < 4.78 is 15.3. The van der Waals surface area contributed by atoms with Crippen LogP contribution in [0, 0.1) is 0 Å². The van der Waals surface area contributed by atoms with Crippen LogP contribution >= 0.6 is 0 Å². The Bertz CT molecular complexity index is 330. The van der Waals surface area contributed by atoms with Gasteiger partial charge in [0.2, 0.25) is 0 Å². The van der Waals surface area contributed by atoms with Crippen LogP contribution in [0.3, 0.4) is 0 Å². The van der Waals surface area contributed by atoms with Gasteiger partial charge in [-0.15, -0.1) is 0 Å². The molecule has 0 saturated carbocycles. The quantitative estimate of drug-likeness (QED) is 0.698. The number of hydrogen-bond donors (Lipinski definition) is 2. The van der Waals surface area contributed by atoms with Crippen molar-refractivity contribution in [2.45, 2.75) is 6.10 Å². The van der Waals surface area contributed by atoms with Gasteiger partial charge in [0, 0.05) is 18.9 Å². The highest BCUT2D eigenvalue weighted by atomic mass is 16.5. The van der Waals surface area contributed by atoms with Crippen molar-refractivity contribution in [3.63, 3.8) is 0 Å². The molecule has 0 bridgehead atoms. The molecule has 90 valence electrons. The Hall–Kier alpha value is -1.46. The molecule has 0 spiro atoms. The zero-order chi connectivity index (χ0) is 12.0. The van der Waals surface area contributed by atoms with Gasteiger partial charge in [0.05, 0.1) is 13.7 Å². The molecule has 1 aromatic carbocycles. The van der Waals surface area contributed by atoms with E-state index in [1.54, 1.807) is 18.2 Å². The lowest BCUT2D eigenvalue weighted by molar-refractivity contribution is 0.0319. The maximum Gasteiger partial charge on any atom is 0.162 e. The summed E-state index contributed by atoms with van der Waals surface area (Å²) in [5, 5.41) is 9.41. The van der Waals surface area contributed by atoms with Gasteiger partial charge < -0.3 is 25.1 Å². The maximum atomic E-state index is 9.41.